The second kappa shape index (κ2) is 6.39. The predicted molar refractivity (Wildman–Crippen MR) is 82.6 cm³/mol. The summed E-state index contributed by atoms with van der Waals surface area (Å²) in [5.41, 5.74) is 0.699. The Morgan fingerprint density at radius 1 is 1.53 bits per heavy atom. The predicted octanol–water partition coefficient (Wildman–Crippen LogP) is 4.21. The third-order valence-electron chi connectivity index (χ3n) is 3.04. The second-order valence-corrected chi connectivity index (χ2v) is 6.17. The van der Waals surface area contributed by atoms with Gasteiger partial charge >= 0.3 is 0 Å². The summed E-state index contributed by atoms with van der Waals surface area (Å²) in [6.45, 7) is 4.89. The highest BCUT2D eigenvalue weighted by molar-refractivity contribution is 9.10. The van der Waals surface area contributed by atoms with Crippen molar-refractivity contribution in [3.63, 3.8) is 0 Å². The van der Waals surface area contributed by atoms with Gasteiger partial charge < -0.3 is 9.88 Å². The molecule has 2 heterocycles. The molecule has 1 N–H and O–H groups in total. The van der Waals surface area contributed by atoms with Gasteiger partial charge in [-0.15, -0.1) is 11.3 Å². The molecule has 0 saturated heterocycles. The number of carbonyl (C=O) groups excluding carboxylic acids is 1. The highest BCUT2D eigenvalue weighted by Crippen LogP contribution is 2.23. The summed E-state index contributed by atoms with van der Waals surface area (Å²) in [4.78, 5) is 13.6. The Balaban J connectivity index is 2.15. The largest absolute Gasteiger partial charge is 0.343 e. The van der Waals surface area contributed by atoms with E-state index in [0.29, 0.717) is 5.69 Å². The smallest absolute Gasteiger partial charge is 0.268 e. The maximum atomic E-state index is 12.4. The molecule has 5 heteroatoms. The van der Waals surface area contributed by atoms with Crippen molar-refractivity contribution in [2.24, 2.45) is 0 Å². The molecule has 1 atom stereocenters. The third-order valence-corrected chi connectivity index (χ3v) is 4.46. The van der Waals surface area contributed by atoms with Crippen molar-refractivity contribution in [2.75, 3.05) is 0 Å². The van der Waals surface area contributed by atoms with E-state index in [9.17, 15) is 4.79 Å². The van der Waals surface area contributed by atoms with Crippen LogP contribution in [0.4, 0.5) is 0 Å². The van der Waals surface area contributed by atoms with Crippen LogP contribution in [0.3, 0.4) is 0 Å². The zero-order valence-corrected chi connectivity index (χ0v) is 13.4. The molecular formula is C14H17BrN2OS. The van der Waals surface area contributed by atoms with Crippen LogP contribution in [0.25, 0.3) is 0 Å². The van der Waals surface area contributed by atoms with Crippen LogP contribution in [0, 0.1) is 0 Å². The van der Waals surface area contributed by atoms with Crippen LogP contribution in [0.2, 0.25) is 0 Å². The summed E-state index contributed by atoms with van der Waals surface area (Å²) in [5.74, 6) is -0.0206. The monoisotopic (exact) mass is 340 g/mol. The maximum absolute atomic E-state index is 12.4. The Labute approximate surface area is 125 Å². The summed E-state index contributed by atoms with van der Waals surface area (Å²) in [5, 5.41) is 5.14. The first-order valence-electron chi connectivity index (χ1n) is 6.35. The van der Waals surface area contributed by atoms with Crippen LogP contribution in [-0.2, 0) is 6.54 Å². The number of aromatic nitrogens is 1. The van der Waals surface area contributed by atoms with E-state index < -0.39 is 0 Å². The van der Waals surface area contributed by atoms with E-state index in [1.165, 1.54) is 4.88 Å². The van der Waals surface area contributed by atoms with Gasteiger partial charge in [0.1, 0.15) is 5.69 Å². The molecule has 0 aliphatic rings. The Morgan fingerprint density at radius 3 is 2.89 bits per heavy atom. The number of nitrogens with zero attached hydrogens (tertiary/aromatic N) is 1. The van der Waals surface area contributed by atoms with E-state index in [1.807, 2.05) is 35.2 Å². The molecule has 19 heavy (non-hydrogen) atoms. The lowest BCUT2D eigenvalue weighted by Crippen LogP contribution is -2.29. The molecule has 2 rings (SSSR count). The van der Waals surface area contributed by atoms with Crippen molar-refractivity contribution in [3.05, 3.63) is 44.8 Å². The normalized spacial score (nSPS) is 12.4. The number of halogens is 1. The zero-order chi connectivity index (χ0) is 13.8. The summed E-state index contributed by atoms with van der Waals surface area (Å²) in [6.07, 6.45) is 2.82. The molecule has 1 amide bonds. The average Bonchev–Trinajstić information content (AvgIpc) is 3.04. The molecule has 2 aromatic heterocycles. The first-order valence-corrected chi connectivity index (χ1v) is 8.02. The Hall–Kier alpha value is -1.07. The molecule has 0 bridgehead atoms. The third kappa shape index (κ3) is 3.28. The van der Waals surface area contributed by atoms with Gasteiger partial charge in [0.05, 0.1) is 6.04 Å². The number of carbonyl (C=O) groups is 1. The number of hydrogen-bond donors (Lipinski definition) is 1. The molecule has 0 fully saturated rings. The number of rotatable bonds is 5. The molecule has 0 aliphatic carbocycles. The lowest BCUT2D eigenvalue weighted by atomic mass is 10.2. The van der Waals surface area contributed by atoms with Crippen LogP contribution >= 0.6 is 27.3 Å². The van der Waals surface area contributed by atoms with Gasteiger partial charge in [-0.05, 0) is 46.8 Å². The van der Waals surface area contributed by atoms with Crippen LogP contribution in [0.1, 0.15) is 41.7 Å². The van der Waals surface area contributed by atoms with E-state index in [4.69, 9.17) is 0 Å². The molecule has 2 aromatic rings. The standard InChI is InChI=1S/C14H17BrN2OS/c1-3-11(13-6-5-7-19-13)16-14(18)12-8-10(15)9-17(12)4-2/h5-9,11H,3-4H2,1-2H3,(H,16,18). The van der Waals surface area contributed by atoms with Crippen LogP contribution in [-0.4, -0.2) is 10.5 Å². The molecule has 1 unspecified atom stereocenters. The SMILES string of the molecule is CCC(NC(=O)c1cc(Br)cn1CC)c1cccs1. The molecule has 3 nitrogen and oxygen atoms in total. The van der Waals surface area contributed by atoms with Crippen LogP contribution in [0.15, 0.2) is 34.2 Å². The van der Waals surface area contributed by atoms with E-state index in [-0.39, 0.29) is 11.9 Å². The van der Waals surface area contributed by atoms with Crippen molar-refractivity contribution in [2.45, 2.75) is 32.9 Å². The molecule has 0 saturated carbocycles. The fraction of sp³-hybridized carbons (Fsp3) is 0.357. The second-order valence-electron chi connectivity index (χ2n) is 4.28. The number of thiophene rings is 1. The van der Waals surface area contributed by atoms with Crippen molar-refractivity contribution < 1.29 is 4.79 Å². The van der Waals surface area contributed by atoms with Gasteiger partial charge in [-0.1, -0.05) is 13.0 Å². The van der Waals surface area contributed by atoms with Gasteiger partial charge in [-0.25, -0.2) is 0 Å². The van der Waals surface area contributed by atoms with E-state index in [0.717, 1.165) is 17.4 Å². The van der Waals surface area contributed by atoms with Crippen molar-refractivity contribution in [1.29, 1.82) is 0 Å². The van der Waals surface area contributed by atoms with E-state index in [1.54, 1.807) is 11.3 Å². The molecular weight excluding hydrogens is 324 g/mol. The quantitative estimate of drug-likeness (QED) is 0.868. The minimum atomic E-state index is -0.0206. The van der Waals surface area contributed by atoms with Gasteiger partial charge in [-0.2, -0.15) is 0 Å². The van der Waals surface area contributed by atoms with Gasteiger partial charge in [0.25, 0.3) is 5.91 Å². The van der Waals surface area contributed by atoms with Gasteiger partial charge in [-0.3, -0.25) is 4.79 Å². The topological polar surface area (TPSA) is 34.0 Å². The summed E-state index contributed by atoms with van der Waals surface area (Å²) < 4.78 is 2.88. The molecule has 0 aromatic carbocycles. The van der Waals surface area contributed by atoms with Gasteiger partial charge in [0.2, 0.25) is 0 Å². The first-order chi connectivity index (χ1) is 9.15. The fourth-order valence-corrected chi connectivity index (χ4v) is 3.35. The number of amides is 1. The number of aryl methyl sites for hydroxylation is 1. The Morgan fingerprint density at radius 2 is 2.32 bits per heavy atom. The maximum Gasteiger partial charge on any atom is 0.268 e. The minimum Gasteiger partial charge on any atom is -0.343 e. The Kier molecular flexibility index (Phi) is 4.82. The molecule has 0 spiro atoms. The average molecular weight is 341 g/mol. The van der Waals surface area contributed by atoms with Gasteiger partial charge in [0.15, 0.2) is 0 Å². The highest BCUT2D eigenvalue weighted by atomic mass is 79.9. The highest BCUT2D eigenvalue weighted by Gasteiger charge is 2.17. The van der Waals surface area contributed by atoms with Crippen LogP contribution < -0.4 is 5.32 Å². The lowest BCUT2D eigenvalue weighted by Gasteiger charge is -2.16. The molecule has 102 valence electrons. The summed E-state index contributed by atoms with van der Waals surface area (Å²) in [6, 6.07) is 6.03. The lowest BCUT2D eigenvalue weighted by molar-refractivity contribution is 0.0927. The van der Waals surface area contributed by atoms with Gasteiger partial charge in [0, 0.05) is 22.1 Å². The summed E-state index contributed by atoms with van der Waals surface area (Å²) >= 11 is 5.09. The van der Waals surface area contributed by atoms with Crippen molar-refractivity contribution in [3.8, 4) is 0 Å². The minimum absolute atomic E-state index is 0.0206. The Bertz CT molecular complexity index is 548. The number of nitrogens with one attached hydrogen (secondary N) is 1. The number of hydrogen-bond acceptors (Lipinski definition) is 2. The van der Waals surface area contributed by atoms with E-state index in [2.05, 4.69) is 34.2 Å². The molecule has 0 radical (unpaired) electrons. The van der Waals surface area contributed by atoms with E-state index >= 15 is 0 Å². The molecule has 0 aliphatic heterocycles. The van der Waals surface area contributed by atoms with Crippen molar-refractivity contribution in [1.82, 2.24) is 9.88 Å². The summed E-state index contributed by atoms with van der Waals surface area (Å²) in [7, 11) is 0. The fourth-order valence-electron chi connectivity index (χ4n) is 2.02. The first kappa shape index (κ1) is 14.3. The zero-order valence-electron chi connectivity index (χ0n) is 11.0. The van der Waals surface area contributed by atoms with Crippen LogP contribution in [0.5, 0.6) is 0 Å². The van der Waals surface area contributed by atoms with Crippen molar-refractivity contribution >= 4 is 33.2 Å².